The summed E-state index contributed by atoms with van der Waals surface area (Å²) in [6, 6.07) is 0. The second-order valence-electron chi connectivity index (χ2n) is 6.16. The van der Waals surface area contributed by atoms with Crippen LogP contribution in [0, 0.1) is 13.8 Å². The molecular weight excluding hydrogens is 376 g/mol. The lowest BCUT2D eigenvalue weighted by Crippen LogP contribution is -2.31. The number of aryl methyl sites for hydroxylation is 2. The molecule has 0 aliphatic heterocycles. The highest BCUT2D eigenvalue weighted by atomic mass is 32.2. The summed E-state index contributed by atoms with van der Waals surface area (Å²) < 4.78 is 25.9. The summed E-state index contributed by atoms with van der Waals surface area (Å²) in [5, 5.41) is 7.00. The van der Waals surface area contributed by atoms with Crippen LogP contribution in [-0.4, -0.2) is 36.7 Å². The molecule has 2 N–H and O–H groups in total. The van der Waals surface area contributed by atoms with Gasteiger partial charge in [-0.25, -0.2) is 23.1 Å². The third-order valence-electron chi connectivity index (χ3n) is 3.69. The van der Waals surface area contributed by atoms with Crippen molar-refractivity contribution in [2.75, 3.05) is 18.4 Å². The zero-order valence-electron chi connectivity index (χ0n) is 15.1. The maximum absolute atomic E-state index is 11.6. The molecule has 2 aromatic heterocycles. The molecule has 140 valence electrons. The minimum Gasteiger partial charge on any atom is -0.362 e. The van der Waals surface area contributed by atoms with Gasteiger partial charge in [0, 0.05) is 18.5 Å². The highest BCUT2D eigenvalue weighted by molar-refractivity contribution is 7.90. The van der Waals surface area contributed by atoms with Crippen LogP contribution in [0.1, 0.15) is 43.8 Å². The van der Waals surface area contributed by atoms with Crippen LogP contribution >= 0.6 is 22.7 Å². The molecular formula is C16H26N4O2S3. The van der Waals surface area contributed by atoms with E-state index in [0.717, 1.165) is 52.2 Å². The van der Waals surface area contributed by atoms with Gasteiger partial charge in [0.2, 0.25) is 10.0 Å². The van der Waals surface area contributed by atoms with Crippen molar-refractivity contribution in [1.82, 2.24) is 14.7 Å². The van der Waals surface area contributed by atoms with Gasteiger partial charge in [-0.05, 0) is 40.5 Å². The maximum atomic E-state index is 11.6. The first-order valence-corrected chi connectivity index (χ1v) is 11.7. The predicted octanol–water partition coefficient (Wildman–Crippen LogP) is 3.79. The number of aromatic nitrogens is 2. The molecule has 2 heterocycles. The Bertz CT molecular complexity index is 781. The Morgan fingerprint density at radius 1 is 1.12 bits per heavy atom. The minimum absolute atomic E-state index is 0.376. The Hall–Kier alpha value is -1.03. The van der Waals surface area contributed by atoms with Crippen molar-refractivity contribution in [2.45, 2.75) is 52.2 Å². The predicted molar refractivity (Wildman–Crippen MR) is 107 cm³/mol. The first kappa shape index (κ1) is 20.3. The number of anilines is 1. The molecule has 0 amide bonds. The Morgan fingerprint density at radius 3 is 2.48 bits per heavy atom. The largest absolute Gasteiger partial charge is 0.362 e. The third-order valence-corrected chi connectivity index (χ3v) is 7.44. The molecule has 2 aromatic rings. The van der Waals surface area contributed by atoms with Gasteiger partial charge in [-0.15, -0.1) is 22.7 Å². The van der Waals surface area contributed by atoms with Crippen LogP contribution in [0.4, 0.5) is 5.13 Å². The molecule has 0 saturated heterocycles. The SMILES string of the molecule is Cc1nc(C)c(-c2csc(NCCCCCNS(=O)(=O)C(C)C)n2)s1. The van der Waals surface area contributed by atoms with E-state index in [1.807, 2.05) is 13.8 Å². The van der Waals surface area contributed by atoms with Crippen molar-refractivity contribution in [1.29, 1.82) is 0 Å². The van der Waals surface area contributed by atoms with E-state index in [2.05, 4.69) is 25.4 Å². The number of unbranched alkanes of at least 4 members (excludes halogenated alkanes) is 2. The summed E-state index contributed by atoms with van der Waals surface area (Å²) in [4.78, 5) is 10.2. The molecule has 0 aliphatic carbocycles. The summed E-state index contributed by atoms with van der Waals surface area (Å²) in [6.07, 6.45) is 2.80. The molecule has 6 nitrogen and oxygen atoms in total. The van der Waals surface area contributed by atoms with Crippen molar-refractivity contribution in [3.05, 3.63) is 16.1 Å². The molecule has 9 heteroatoms. The van der Waals surface area contributed by atoms with Gasteiger partial charge in [0.1, 0.15) is 0 Å². The lowest BCUT2D eigenvalue weighted by atomic mass is 10.2. The fraction of sp³-hybridized carbons (Fsp3) is 0.625. The lowest BCUT2D eigenvalue weighted by Gasteiger charge is -2.09. The zero-order chi connectivity index (χ0) is 18.4. The van der Waals surface area contributed by atoms with Crippen LogP contribution in [0.3, 0.4) is 0 Å². The molecule has 0 atom stereocenters. The van der Waals surface area contributed by atoms with Crippen LogP contribution in [0.2, 0.25) is 0 Å². The van der Waals surface area contributed by atoms with Gasteiger partial charge < -0.3 is 5.32 Å². The van der Waals surface area contributed by atoms with Crippen LogP contribution in [-0.2, 0) is 10.0 Å². The van der Waals surface area contributed by atoms with Crippen molar-refractivity contribution >= 4 is 37.8 Å². The van der Waals surface area contributed by atoms with Crippen LogP contribution < -0.4 is 10.0 Å². The van der Waals surface area contributed by atoms with Gasteiger partial charge in [-0.1, -0.05) is 6.42 Å². The van der Waals surface area contributed by atoms with Gasteiger partial charge in [0.05, 0.1) is 26.5 Å². The highest BCUT2D eigenvalue weighted by Gasteiger charge is 2.14. The van der Waals surface area contributed by atoms with Gasteiger partial charge >= 0.3 is 0 Å². The van der Waals surface area contributed by atoms with Crippen molar-refractivity contribution < 1.29 is 8.42 Å². The molecule has 0 aromatic carbocycles. The minimum atomic E-state index is -3.14. The number of sulfonamides is 1. The quantitative estimate of drug-likeness (QED) is 0.591. The molecule has 2 rings (SSSR count). The first-order chi connectivity index (χ1) is 11.8. The first-order valence-electron chi connectivity index (χ1n) is 8.42. The number of nitrogens with zero attached hydrogens (tertiary/aromatic N) is 2. The summed E-state index contributed by atoms with van der Waals surface area (Å²) in [6.45, 7) is 8.73. The average Bonchev–Trinajstić information content (AvgIpc) is 3.12. The second kappa shape index (κ2) is 9.07. The Kier molecular flexibility index (Phi) is 7.36. The van der Waals surface area contributed by atoms with Crippen molar-refractivity contribution in [3.63, 3.8) is 0 Å². The fourth-order valence-electron chi connectivity index (χ4n) is 2.23. The van der Waals surface area contributed by atoms with E-state index in [1.165, 1.54) is 0 Å². The van der Waals surface area contributed by atoms with E-state index in [9.17, 15) is 8.42 Å². The molecule has 0 fully saturated rings. The zero-order valence-corrected chi connectivity index (χ0v) is 17.6. The molecule has 25 heavy (non-hydrogen) atoms. The van der Waals surface area contributed by atoms with Crippen LogP contribution in [0.25, 0.3) is 10.6 Å². The standard InChI is InChI=1S/C16H26N4O2S3/c1-11(2)25(21,22)18-9-7-5-6-8-17-16-20-14(10-23-16)15-12(3)19-13(4)24-15/h10-11,18H,5-9H2,1-4H3,(H,17,20). The Labute approximate surface area is 158 Å². The van der Waals surface area contributed by atoms with Gasteiger partial charge in [0.15, 0.2) is 5.13 Å². The molecule has 0 bridgehead atoms. The van der Waals surface area contributed by atoms with E-state index in [1.54, 1.807) is 36.5 Å². The normalized spacial score (nSPS) is 12.0. The van der Waals surface area contributed by atoms with E-state index >= 15 is 0 Å². The number of hydrogen-bond donors (Lipinski definition) is 2. The maximum Gasteiger partial charge on any atom is 0.213 e. The monoisotopic (exact) mass is 402 g/mol. The number of rotatable bonds is 10. The van der Waals surface area contributed by atoms with Gasteiger partial charge in [-0.3, -0.25) is 0 Å². The van der Waals surface area contributed by atoms with Crippen LogP contribution in [0.5, 0.6) is 0 Å². The van der Waals surface area contributed by atoms with Gasteiger partial charge in [-0.2, -0.15) is 0 Å². The summed E-state index contributed by atoms with van der Waals surface area (Å²) >= 11 is 3.27. The van der Waals surface area contributed by atoms with Gasteiger partial charge in [0.25, 0.3) is 0 Å². The van der Waals surface area contributed by atoms with E-state index in [4.69, 9.17) is 0 Å². The van der Waals surface area contributed by atoms with E-state index in [-0.39, 0.29) is 5.25 Å². The van der Waals surface area contributed by atoms with E-state index < -0.39 is 10.0 Å². The Balaban J connectivity index is 1.67. The molecule has 0 unspecified atom stereocenters. The van der Waals surface area contributed by atoms with Crippen LogP contribution in [0.15, 0.2) is 5.38 Å². The number of thiazole rings is 2. The smallest absolute Gasteiger partial charge is 0.213 e. The van der Waals surface area contributed by atoms with Crippen molar-refractivity contribution in [2.24, 2.45) is 0 Å². The second-order valence-corrected chi connectivity index (χ2v) is 10.5. The fourth-order valence-corrected chi connectivity index (χ4v) is 4.68. The topological polar surface area (TPSA) is 84.0 Å². The number of nitrogens with one attached hydrogen (secondary N) is 2. The summed E-state index contributed by atoms with van der Waals surface area (Å²) in [5.74, 6) is 0. The molecule has 0 radical (unpaired) electrons. The molecule has 0 aliphatic rings. The van der Waals surface area contributed by atoms with Crippen molar-refractivity contribution in [3.8, 4) is 10.6 Å². The molecule has 0 spiro atoms. The Morgan fingerprint density at radius 2 is 1.84 bits per heavy atom. The average molecular weight is 403 g/mol. The lowest BCUT2D eigenvalue weighted by molar-refractivity contribution is 0.566. The summed E-state index contributed by atoms with van der Waals surface area (Å²) in [5.41, 5.74) is 2.02. The number of hydrogen-bond acceptors (Lipinski definition) is 7. The van der Waals surface area contributed by atoms with E-state index in [0.29, 0.717) is 6.54 Å². The molecule has 0 saturated carbocycles. The third kappa shape index (κ3) is 6.02. The summed E-state index contributed by atoms with van der Waals surface area (Å²) in [7, 11) is -3.14. The highest BCUT2D eigenvalue weighted by Crippen LogP contribution is 2.31.